The Morgan fingerprint density at radius 1 is 1.19 bits per heavy atom. The van der Waals surface area contributed by atoms with Crippen LogP contribution in [0.2, 0.25) is 0 Å². The van der Waals surface area contributed by atoms with Crippen LogP contribution in [-0.2, 0) is 17.9 Å². The van der Waals surface area contributed by atoms with Crippen molar-refractivity contribution in [2.24, 2.45) is 0 Å². The second-order valence-electron chi connectivity index (χ2n) is 8.74. The van der Waals surface area contributed by atoms with Gasteiger partial charge in [-0.2, -0.15) is 5.10 Å². The van der Waals surface area contributed by atoms with Crippen LogP contribution in [0.1, 0.15) is 18.4 Å². The number of nitrogens with one attached hydrogen (secondary N) is 1. The van der Waals surface area contributed by atoms with Crippen molar-refractivity contribution in [1.29, 1.82) is 0 Å². The lowest BCUT2D eigenvalue weighted by molar-refractivity contribution is -0.286. The van der Waals surface area contributed by atoms with Crippen molar-refractivity contribution in [3.05, 3.63) is 64.5 Å². The maximum absolute atomic E-state index is 14.2. The average molecular weight is 513 g/mol. The summed E-state index contributed by atoms with van der Waals surface area (Å²) in [5.74, 6) is -1.48. The highest BCUT2D eigenvalue weighted by molar-refractivity contribution is 5.95. The molecule has 1 saturated carbocycles. The Labute approximate surface area is 205 Å². The van der Waals surface area contributed by atoms with Gasteiger partial charge in [-0.25, -0.2) is 14.1 Å². The van der Waals surface area contributed by atoms with Crippen molar-refractivity contribution < 1.29 is 32.5 Å². The molecule has 13 heteroatoms. The number of anilines is 1. The van der Waals surface area contributed by atoms with Gasteiger partial charge in [-0.05, 0) is 48.7 Å². The van der Waals surface area contributed by atoms with Gasteiger partial charge in [0.15, 0.2) is 11.5 Å². The molecule has 3 heterocycles. The molecule has 1 aliphatic carbocycles. The van der Waals surface area contributed by atoms with Crippen molar-refractivity contribution >= 4 is 22.6 Å². The van der Waals surface area contributed by atoms with Gasteiger partial charge in [0.2, 0.25) is 5.91 Å². The summed E-state index contributed by atoms with van der Waals surface area (Å²) in [6.07, 6.45) is -1.13. The monoisotopic (exact) mass is 513 g/mol. The minimum Gasteiger partial charge on any atom is -0.395 e. The fourth-order valence-electron chi connectivity index (χ4n) is 4.34. The molecule has 10 nitrogen and oxygen atoms in total. The molecule has 2 aromatic carbocycles. The van der Waals surface area contributed by atoms with Gasteiger partial charge in [0.1, 0.15) is 29.1 Å². The van der Waals surface area contributed by atoms with E-state index in [9.17, 15) is 27.9 Å². The SMILES string of the molecule is O=C(Cn1nc(-c2cc(F)cc(CO)c2)c2nc[nH]c2c1=O)N(c1ccc2c(c1)OC(F)(F)O2)C1CC1. The maximum Gasteiger partial charge on any atom is 0.586 e. The number of hydrogen-bond acceptors (Lipinski definition) is 7. The number of fused-ring (bicyclic) bond motifs is 2. The zero-order valence-corrected chi connectivity index (χ0v) is 19.0. The molecule has 0 saturated heterocycles. The van der Waals surface area contributed by atoms with Crippen LogP contribution < -0.4 is 19.9 Å². The zero-order chi connectivity index (χ0) is 25.9. The minimum absolute atomic E-state index is 0.0656. The highest BCUT2D eigenvalue weighted by Gasteiger charge is 2.44. The van der Waals surface area contributed by atoms with Gasteiger partial charge in [-0.1, -0.05) is 0 Å². The molecule has 2 aliphatic rings. The van der Waals surface area contributed by atoms with E-state index < -0.39 is 36.7 Å². The maximum atomic E-state index is 14.2. The van der Waals surface area contributed by atoms with E-state index in [1.807, 2.05) is 0 Å². The van der Waals surface area contributed by atoms with E-state index in [1.54, 1.807) is 0 Å². The highest BCUT2D eigenvalue weighted by Crippen LogP contribution is 2.44. The van der Waals surface area contributed by atoms with Gasteiger partial charge >= 0.3 is 6.29 Å². The van der Waals surface area contributed by atoms with Crippen molar-refractivity contribution in [2.45, 2.75) is 38.3 Å². The number of aromatic nitrogens is 4. The number of aromatic amines is 1. The van der Waals surface area contributed by atoms with Crippen molar-refractivity contribution in [3.63, 3.8) is 0 Å². The molecule has 0 spiro atoms. The van der Waals surface area contributed by atoms with Crippen LogP contribution in [0, 0.1) is 5.82 Å². The summed E-state index contributed by atoms with van der Waals surface area (Å²) in [6.45, 7) is -0.894. The van der Waals surface area contributed by atoms with Gasteiger partial charge < -0.3 is 24.5 Å². The minimum atomic E-state index is -3.80. The predicted octanol–water partition coefficient (Wildman–Crippen LogP) is 2.94. The highest BCUT2D eigenvalue weighted by atomic mass is 19.3. The second kappa shape index (κ2) is 8.34. The molecule has 2 N–H and O–H groups in total. The van der Waals surface area contributed by atoms with E-state index in [1.165, 1.54) is 47.6 Å². The summed E-state index contributed by atoms with van der Waals surface area (Å²) in [5.41, 5.74) is 0.627. The first-order chi connectivity index (χ1) is 17.7. The van der Waals surface area contributed by atoms with Crippen LogP contribution in [0.3, 0.4) is 0 Å². The smallest absolute Gasteiger partial charge is 0.395 e. The summed E-state index contributed by atoms with van der Waals surface area (Å²) in [6, 6.07) is 7.71. The number of benzene rings is 2. The molecule has 6 rings (SSSR count). The number of aliphatic hydroxyl groups excluding tert-OH is 1. The number of carbonyl (C=O) groups is 1. The lowest BCUT2D eigenvalue weighted by atomic mass is 10.1. The van der Waals surface area contributed by atoms with E-state index in [-0.39, 0.29) is 39.8 Å². The molecule has 1 aliphatic heterocycles. The van der Waals surface area contributed by atoms with Gasteiger partial charge in [-0.15, -0.1) is 8.78 Å². The number of nitrogens with zero attached hydrogens (tertiary/aromatic N) is 4. The molecule has 1 fully saturated rings. The Kier molecular flexibility index (Phi) is 5.19. The van der Waals surface area contributed by atoms with Crippen LogP contribution in [0.4, 0.5) is 18.9 Å². The Bertz CT molecular complexity index is 1610. The third kappa shape index (κ3) is 4.16. The quantitative estimate of drug-likeness (QED) is 0.407. The van der Waals surface area contributed by atoms with Gasteiger partial charge in [0.25, 0.3) is 5.56 Å². The average Bonchev–Trinajstić information content (AvgIpc) is 3.45. The molecule has 0 atom stereocenters. The number of H-pyrrole nitrogens is 1. The molecule has 1 amide bonds. The van der Waals surface area contributed by atoms with E-state index >= 15 is 0 Å². The molecule has 0 radical (unpaired) electrons. The van der Waals surface area contributed by atoms with Crippen LogP contribution >= 0.6 is 0 Å². The summed E-state index contributed by atoms with van der Waals surface area (Å²) in [7, 11) is 0. The molecule has 0 unspecified atom stereocenters. The topological polar surface area (TPSA) is 123 Å². The fraction of sp³-hybridized carbons (Fsp3) is 0.250. The number of imidazole rings is 1. The first kappa shape index (κ1) is 23.0. The summed E-state index contributed by atoms with van der Waals surface area (Å²) in [5, 5.41) is 13.8. The van der Waals surface area contributed by atoms with E-state index in [0.717, 1.165) is 4.68 Å². The number of alkyl halides is 2. The molecule has 2 aromatic heterocycles. The fourth-order valence-corrected chi connectivity index (χ4v) is 4.34. The first-order valence-electron chi connectivity index (χ1n) is 11.3. The zero-order valence-electron chi connectivity index (χ0n) is 19.0. The number of carbonyl (C=O) groups excluding carboxylic acids is 1. The van der Waals surface area contributed by atoms with Crippen molar-refractivity contribution in [3.8, 4) is 22.8 Å². The van der Waals surface area contributed by atoms with Crippen LogP contribution in [0.15, 0.2) is 47.5 Å². The number of aliphatic hydroxyl groups is 1. The van der Waals surface area contributed by atoms with E-state index in [2.05, 4.69) is 24.5 Å². The Morgan fingerprint density at radius 3 is 2.73 bits per heavy atom. The van der Waals surface area contributed by atoms with Crippen LogP contribution in [-0.4, -0.2) is 43.1 Å². The number of hydrogen-bond donors (Lipinski definition) is 2. The van der Waals surface area contributed by atoms with Gasteiger partial charge in [0, 0.05) is 23.4 Å². The third-order valence-corrected chi connectivity index (χ3v) is 6.07. The molecule has 37 heavy (non-hydrogen) atoms. The third-order valence-electron chi connectivity index (χ3n) is 6.07. The number of halogens is 3. The molecular weight excluding hydrogens is 495 g/mol. The van der Waals surface area contributed by atoms with E-state index in [0.29, 0.717) is 24.1 Å². The molecule has 190 valence electrons. The van der Waals surface area contributed by atoms with Crippen molar-refractivity contribution in [1.82, 2.24) is 19.7 Å². The van der Waals surface area contributed by atoms with Crippen LogP contribution in [0.5, 0.6) is 11.5 Å². The normalized spacial score (nSPS) is 15.8. The largest absolute Gasteiger partial charge is 0.586 e. The number of rotatable bonds is 6. The Hall–Kier alpha value is -4.39. The Balaban J connectivity index is 1.38. The number of amides is 1. The summed E-state index contributed by atoms with van der Waals surface area (Å²) >= 11 is 0. The lowest BCUT2D eigenvalue weighted by Gasteiger charge is -2.23. The van der Waals surface area contributed by atoms with E-state index in [4.69, 9.17) is 0 Å². The van der Waals surface area contributed by atoms with Gasteiger partial charge in [0.05, 0.1) is 12.9 Å². The summed E-state index contributed by atoms with van der Waals surface area (Å²) < 4.78 is 51.0. The Morgan fingerprint density at radius 2 is 1.97 bits per heavy atom. The van der Waals surface area contributed by atoms with Crippen LogP contribution in [0.25, 0.3) is 22.3 Å². The summed E-state index contributed by atoms with van der Waals surface area (Å²) in [4.78, 5) is 34.8. The molecule has 0 bridgehead atoms. The van der Waals surface area contributed by atoms with Gasteiger partial charge in [-0.3, -0.25) is 9.59 Å². The first-order valence-corrected chi connectivity index (χ1v) is 11.3. The second-order valence-corrected chi connectivity index (χ2v) is 8.74. The van der Waals surface area contributed by atoms with Crippen molar-refractivity contribution in [2.75, 3.05) is 4.90 Å². The standard InChI is InChI=1S/C24H18F3N5O5/c25-14-6-12(10-33)5-13(7-14)20-21-22(29-11-28-21)23(35)31(30-20)9-19(34)32(15-1-2-15)16-3-4-17-18(8-16)37-24(26,27)36-17/h3-8,11,15,33H,1-2,9-10H2,(H,28,29). The predicted molar refractivity (Wildman–Crippen MR) is 123 cm³/mol. The number of ether oxygens (including phenoxy) is 2. The molecule has 4 aromatic rings. The lowest BCUT2D eigenvalue weighted by Crippen LogP contribution is -2.39. The molecular formula is C24H18F3N5O5.